The lowest BCUT2D eigenvalue weighted by atomic mass is 10.3. The minimum atomic E-state index is 0.156. The monoisotopic (exact) mass is 303 g/mol. The van der Waals surface area contributed by atoms with Crippen molar-refractivity contribution in [3.8, 4) is 0 Å². The Morgan fingerprint density at radius 2 is 2.19 bits per heavy atom. The summed E-state index contributed by atoms with van der Waals surface area (Å²) in [7, 11) is 0. The summed E-state index contributed by atoms with van der Waals surface area (Å²) in [6, 6.07) is 8.77. The molecule has 4 heteroatoms. The smallest absolute Gasteiger partial charge is 0.0592 e. The van der Waals surface area contributed by atoms with E-state index in [0.29, 0.717) is 6.04 Å². The third-order valence-corrected chi connectivity index (χ3v) is 3.69. The van der Waals surface area contributed by atoms with E-state index in [1.165, 1.54) is 4.90 Å². The highest BCUT2D eigenvalue weighted by atomic mass is 79.9. The van der Waals surface area contributed by atoms with Gasteiger partial charge in [-0.1, -0.05) is 35.8 Å². The third kappa shape index (κ3) is 5.34. The van der Waals surface area contributed by atoms with Crippen molar-refractivity contribution < 1.29 is 5.11 Å². The highest BCUT2D eigenvalue weighted by molar-refractivity contribution is 9.10. The van der Waals surface area contributed by atoms with E-state index >= 15 is 0 Å². The van der Waals surface area contributed by atoms with E-state index in [1.807, 2.05) is 12.1 Å². The average molecular weight is 304 g/mol. The number of benzene rings is 1. The van der Waals surface area contributed by atoms with E-state index in [9.17, 15) is 5.11 Å². The van der Waals surface area contributed by atoms with Gasteiger partial charge in [0, 0.05) is 27.2 Å². The second kappa shape index (κ2) is 7.33. The predicted molar refractivity (Wildman–Crippen MR) is 74.0 cm³/mol. The van der Waals surface area contributed by atoms with Crippen LogP contribution in [-0.4, -0.2) is 29.5 Å². The number of hydrogen-bond donors (Lipinski definition) is 2. The molecule has 1 unspecified atom stereocenters. The number of halogens is 1. The first-order valence-corrected chi connectivity index (χ1v) is 7.15. The standard InChI is InChI=1S/C12H18BrNOS/c1-9(2)14-11(7-15)8-16-12-5-3-4-10(13)6-12/h3-6,9,11,14-15H,7-8H2,1-2H3. The van der Waals surface area contributed by atoms with Gasteiger partial charge in [-0.25, -0.2) is 0 Å². The summed E-state index contributed by atoms with van der Waals surface area (Å²) in [4.78, 5) is 1.22. The summed E-state index contributed by atoms with van der Waals surface area (Å²) in [5.74, 6) is 0.880. The van der Waals surface area contributed by atoms with E-state index < -0.39 is 0 Å². The molecule has 0 spiro atoms. The van der Waals surface area contributed by atoms with Gasteiger partial charge < -0.3 is 10.4 Å². The van der Waals surface area contributed by atoms with Crippen LogP contribution in [0, 0.1) is 0 Å². The maximum atomic E-state index is 9.22. The highest BCUT2D eigenvalue weighted by Crippen LogP contribution is 2.22. The van der Waals surface area contributed by atoms with Crippen LogP contribution in [0.15, 0.2) is 33.6 Å². The van der Waals surface area contributed by atoms with Crippen molar-refractivity contribution in [1.29, 1.82) is 0 Å². The molecule has 1 aromatic rings. The molecule has 0 fully saturated rings. The molecular formula is C12H18BrNOS. The molecule has 1 atom stereocenters. The third-order valence-electron chi connectivity index (χ3n) is 2.04. The van der Waals surface area contributed by atoms with Crippen molar-refractivity contribution in [2.24, 2.45) is 0 Å². The zero-order valence-corrected chi connectivity index (χ0v) is 12.0. The fraction of sp³-hybridized carbons (Fsp3) is 0.500. The van der Waals surface area contributed by atoms with Gasteiger partial charge in [0.1, 0.15) is 0 Å². The second-order valence-electron chi connectivity index (χ2n) is 3.97. The Morgan fingerprint density at radius 3 is 2.75 bits per heavy atom. The van der Waals surface area contributed by atoms with Gasteiger partial charge in [-0.3, -0.25) is 0 Å². The van der Waals surface area contributed by atoms with Gasteiger partial charge in [-0.2, -0.15) is 0 Å². The molecule has 0 aliphatic heterocycles. The largest absolute Gasteiger partial charge is 0.395 e. The maximum Gasteiger partial charge on any atom is 0.0592 e. The first-order chi connectivity index (χ1) is 7.61. The van der Waals surface area contributed by atoms with E-state index in [-0.39, 0.29) is 12.6 Å². The summed E-state index contributed by atoms with van der Waals surface area (Å²) in [5.41, 5.74) is 0. The summed E-state index contributed by atoms with van der Waals surface area (Å²) in [6.07, 6.45) is 0. The van der Waals surface area contributed by atoms with Gasteiger partial charge >= 0.3 is 0 Å². The minimum Gasteiger partial charge on any atom is -0.395 e. The Morgan fingerprint density at radius 1 is 1.44 bits per heavy atom. The van der Waals surface area contributed by atoms with E-state index in [0.717, 1.165) is 10.2 Å². The topological polar surface area (TPSA) is 32.3 Å². The number of nitrogens with one attached hydrogen (secondary N) is 1. The van der Waals surface area contributed by atoms with E-state index in [1.54, 1.807) is 11.8 Å². The lowest BCUT2D eigenvalue weighted by Crippen LogP contribution is -2.39. The quantitative estimate of drug-likeness (QED) is 0.793. The van der Waals surface area contributed by atoms with Gasteiger partial charge in [-0.05, 0) is 18.2 Å². The highest BCUT2D eigenvalue weighted by Gasteiger charge is 2.08. The molecule has 0 saturated heterocycles. The Hall–Kier alpha value is -0.0300. The van der Waals surface area contributed by atoms with Crippen molar-refractivity contribution in [1.82, 2.24) is 5.32 Å². The number of aliphatic hydroxyl groups is 1. The Labute approximate surface area is 110 Å². The fourth-order valence-corrected chi connectivity index (χ4v) is 2.91. The van der Waals surface area contributed by atoms with Crippen LogP contribution in [0.2, 0.25) is 0 Å². The molecule has 0 amide bonds. The van der Waals surface area contributed by atoms with Gasteiger partial charge in [0.2, 0.25) is 0 Å². The van der Waals surface area contributed by atoms with Crippen LogP contribution in [0.4, 0.5) is 0 Å². The molecule has 90 valence electrons. The van der Waals surface area contributed by atoms with Gasteiger partial charge in [-0.15, -0.1) is 11.8 Å². The molecule has 2 N–H and O–H groups in total. The SMILES string of the molecule is CC(C)NC(CO)CSc1cccc(Br)c1. The molecule has 0 heterocycles. The molecule has 0 aliphatic rings. The predicted octanol–water partition coefficient (Wildman–Crippen LogP) is 2.90. The fourth-order valence-electron chi connectivity index (χ4n) is 1.38. The van der Waals surface area contributed by atoms with Crippen molar-refractivity contribution in [2.75, 3.05) is 12.4 Å². The van der Waals surface area contributed by atoms with Crippen LogP contribution < -0.4 is 5.32 Å². The number of aliphatic hydroxyl groups excluding tert-OH is 1. The summed E-state index contributed by atoms with van der Waals surface area (Å²) >= 11 is 5.20. The molecule has 2 nitrogen and oxygen atoms in total. The molecule has 1 rings (SSSR count). The second-order valence-corrected chi connectivity index (χ2v) is 5.98. The molecule has 0 aromatic heterocycles. The zero-order valence-electron chi connectivity index (χ0n) is 9.61. The molecule has 1 aromatic carbocycles. The van der Waals surface area contributed by atoms with Crippen molar-refractivity contribution >= 4 is 27.7 Å². The van der Waals surface area contributed by atoms with Crippen LogP contribution in [-0.2, 0) is 0 Å². The van der Waals surface area contributed by atoms with Crippen LogP contribution in [0.5, 0.6) is 0 Å². The Balaban J connectivity index is 2.43. The Kier molecular flexibility index (Phi) is 6.43. The normalized spacial score (nSPS) is 13.1. The van der Waals surface area contributed by atoms with Crippen LogP contribution in [0.3, 0.4) is 0 Å². The molecular weight excluding hydrogens is 286 g/mol. The summed E-state index contributed by atoms with van der Waals surface area (Å²) in [6.45, 7) is 4.36. The zero-order chi connectivity index (χ0) is 12.0. The lowest BCUT2D eigenvalue weighted by molar-refractivity contribution is 0.247. The van der Waals surface area contributed by atoms with Crippen LogP contribution in [0.1, 0.15) is 13.8 Å². The van der Waals surface area contributed by atoms with Gasteiger partial charge in [0.15, 0.2) is 0 Å². The first kappa shape index (κ1) is 14.0. The van der Waals surface area contributed by atoms with Gasteiger partial charge in [0.05, 0.1) is 6.61 Å². The van der Waals surface area contributed by atoms with Crippen molar-refractivity contribution in [3.63, 3.8) is 0 Å². The summed E-state index contributed by atoms with van der Waals surface area (Å²) < 4.78 is 1.09. The number of hydrogen-bond acceptors (Lipinski definition) is 3. The van der Waals surface area contributed by atoms with Gasteiger partial charge in [0.25, 0.3) is 0 Å². The van der Waals surface area contributed by atoms with Crippen LogP contribution in [0.25, 0.3) is 0 Å². The van der Waals surface area contributed by atoms with Crippen molar-refractivity contribution in [2.45, 2.75) is 30.8 Å². The number of rotatable bonds is 6. The van der Waals surface area contributed by atoms with Crippen LogP contribution >= 0.6 is 27.7 Å². The molecule has 0 radical (unpaired) electrons. The van der Waals surface area contributed by atoms with E-state index in [4.69, 9.17) is 0 Å². The molecule has 0 aliphatic carbocycles. The Bertz CT molecular complexity index is 320. The lowest BCUT2D eigenvalue weighted by Gasteiger charge is -2.18. The average Bonchev–Trinajstić information content (AvgIpc) is 2.24. The minimum absolute atomic E-state index is 0.156. The number of thioether (sulfide) groups is 1. The molecule has 0 saturated carbocycles. The maximum absolute atomic E-state index is 9.22. The first-order valence-electron chi connectivity index (χ1n) is 5.37. The van der Waals surface area contributed by atoms with Crippen molar-refractivity contribution in [3.05, 3.63) is 28.7 Å². The summed E-state index contributed by atoms with van der Waals surface area (Å²) in [5, 5.41) is 12.6. The molecule has 16 heavy (non-hydrogen) atoms. The molecule has 0 bridgehead atoms. The van der Waals surface area contributed by atoms with E-state index in [2.05, 4.69) is 47.2 Å².